The van der Waals surface area contributed by atoms with Crippen LogP contribution < -0.4 is 4.74 Å². The quantitative estimate of drug-likeness (QED) is 0.912. The first-order chi connectivity index (χ1) is 9.72. The third kappa shape index (κ3) is 2.96. The Morgan fingerprint density at radius 1 is 1.35 bits per heavy atom. The molecule has 3 rings (SSSR count). The summed E-state index contributed by atoms with van der Waals surface area (Å²) in [6.07, 6.45) is 3.62. The number of hydrogen-bond acceptors (Lipinski definition) is 3. The lowest BCUT2D eigenvalue weighted by Crippen LogP contribution is -2.37. The van der Waals surface area contributed by atoms with Gasteiger partial charge < -0.3 is 14.7 Å². The number of hydrogen-bond donors (Lipinski definition) is 1. The van der Waals surface area contributed by atoms with E-state index < -0.39 is 5.97 Å². The monoisotopic (exact) mass is 275 g/mol. The van der Waals surface area contributed by atoms with E-state index in [0.717, 1.165) is 57.7 Å². The highest BCUT2D eigenvalue weighted by molar-refractivity contribution is 5.70. The molecule has 1 aromatic rings. The number of rotatable bonds is 4. The van der Waals surface area contributed by atoms with Crippen molar-refractivity contribution in [2.45, 2.75) is 25.7 Å². The number of benzene rings is 1. The van der Waals surface area contributed by atoms with Crippen LogP contribution >= 0.6 is 0 Å². The van der Waals surface area contributed by atoms with Gasteiger partial charge in [-0.2, -0.15) is 0 Å². The minimum atomic E-state index is -0.636. The molecule has 0 amide bonds. The predicted molar refractivity (Wildman–Crippen MR) is 76.1 cm³/mol. The molecule has 0 aromatic heterocycles. The lowest BCUT2D eigenvalue weighted by atomic mass is 9.97. The van der Waals surface area contributed by atoms with E-state index in [0.29, 0.717) is 0 Å². The zero-order valence-electron chi connectivity index (χ0n) is 11.7. The average molecular weight is 275 g/mol. The molecule has 1 aromatic carbocycles. The lowest BCUT2D eigenvalue weighted by molar-refractivity contribution is -0.143. The van der Waals surface area contributed by atoms with E-state index in [9.17, 15) is 4.79 Å². The molecule has 1 fully saturated rings. The second-order valence-corrected chi connectivity index (χ2v) is 5.74. The van der Waals surface area contributed by atoms with Crippen molar-refractivity contribution in [2.75, 3.05) is 26.2 Å². The summed E-state index contributed by atoms with van der Waals surface area (Å²) in [6.45, 7) is 3.64. The Labute approximate surface area is 119 Å². The van der Waals surface area contributed by atoms with Crippen LogP contribution in [0.1, 0.15) is 24.0 Å². The van der Waals surface area contributed by atoms with Crippen molar-refractivity contribution in [2.24, 2.45) is 5.92 Å². The van der Waals surface area contributed by atoms with Crippen LogP contribution in [0.4, 0.5) is 0 Å². The maximum atomic E-state index is 10.9. The van der Waals surface area contributed by atoms with Gasteiger partial charge in [-0.25, -0.2) is 0 Å². The Morgan fingerprint density at radius 3 is 2.90 bits per heavy atom. The van der Waals surface area contributed by atoms with E-state index in [1.807, 2.05) is 0 Å². The van der Waals surface area contributed by atoms with Crippen LogP contribution in [0.15, 0.2) is 18.2 Å². The topological polar surface area (TPSA) is 49.8 Å². The zero-order chi connectivity index (χ0) is 13.9. The van der Waals surface area contributed by atoms with Gasteiger partial charge >= 0.3 is 5.97 Å². The molecule has 108 valence electrons. The number of aliphatic carboxylic acids is 1. The maximum Gasteiger partial charge on any atom is 0.306 e. The molecule has 0 atom stereocenters. The van der Waals surface area contributed by atoms with Gasteiger partial charge in [0.2, 0.25) is 0 Å². The van der Waals surface area contributed by atoms with Crippen LogP contribution in [-0.4, -0.2) is 42.2 Å². The van der Waals surface area contributed by atoms with Gasteiger partial charge in [0.05, 0.1) is 12.5 Å². The highest BCUT2D eigenvalue weighted by Gasteiger charge is 2.24. The van der Waals surface area contributed by atoms with E-state index >= 15 is 0 Å². The van der Waals surface area contributed by atoms with Crippen LogP contribution in [0.3, 0.4) is 0 Å². The number of nitrogens with zero attached hydrogens (tertiary/aromatic N) is 1. The summed E-state index contributed by atoms with van der Waals surface area (Å²) in [5, 5.41) is 8.99. The molecule has 2 heterocycles. The number of likely N-dealkylation sites (tertiary alicyclic amines) is 1. The molecule has 0 unspecified atom stereocenters. The molecule has 1 N–H and O–H groups in total. The first-order valence-corrected chi connectivity index (χ1v) is 7.42. The van der Waals surface area contributed by atoms with Gasteiger partial charge in [-0.3, -0.25) is 4.79 Å². The summed E-state index contributed by atoms with van der Waals surface area (Å²) >= 11 is 0. The highest BCUT2D eigenvalue weighted by Crippen LogP contribution is 2.26. The molecule has 0 aliphatic carbocycles. The fourth-order valence-electron chi connectivity index (χ4n) is 3.09. The molecule has 0 saturated carbocycles. The minimum absolute atomic E-state index is 0.136. The van der Waals surface area contributed by atoms with E-state index in [2.05, 4.69) is 23.1 Å². The van der Waals surface area contributed by atoms with Crippen molar-refractivity contribution >= 4 is 5.97 Å². The van der Waals surface area contributed by atoms with Gasteiger partial charge in [-0.1, -0.05) is 12.1 Å². The summed E-state index contributed by atoms with van der Waals surface area (Å²) in [7, 11) is 0. The Balaban J connectivity index is 1.49. The fourth-order valence-corrected chi connectivity index (χ4v) is 3.09. The SMILES string of the molecule is O=C(O)C1CCN(CCc2ccc3c(c2)CCO3)CC1. The number of carboxylic acid groups (broad SMARTS) is 1. The standard InChI is InChI=1S/C16H21NO3/c18-16(19)13-4-8-17(9-5-13)7-3-12-1-2-15-14(11-12)6-10-20-15/h1-2,11,13H,3-10H2,(H,18,19). The van der Waals surface area contributed by atoms with Crippen molar-refractivity contribution < 1.29 is 14.6 Å². The first-order valence-electron chi connectivity index (χ1n) is 7.42. The van der Waals surface area contributed by atoms with Gasteiger partial charge in [0.25, 0.3) is 0 Å². The van der Waals surface area contributed by atoms with Gasteiger partial charge in [-0.15, -0.1) is 0 Å². The van der Waals surface area contributed by atoms with Gasteiger partial charge in [0, 0.05) is 13.0 Å². The minimum Gasteiger partial charge on any atom is -0.493 e. The number of carbonyl (C=O) groups is 1. The van der Waals surface area contributed by atoms with Crippen LogP contribution in [0, 0.1) is 5.92 Å². The summed E-state index contributed by atoms with van der Waals surface area (Å²) in [5.41, 5.74) is 2.68. The molecule has 1 saturated heterocycles. The van der Waals surface area contributed by atoms with Crippen molar-refractivity contribution in [1.29, 1.82) is 0 Å². The van der Waals surface area contributed by atoms with Crippen LogP contribution in [-0.2, 0) is 17.6 Å². The lowest BCUT2D eigenvalue weighted by Gasteiger charge is -2.29. The first kappa shape index (κ1) is 13.4. The second kappa shape index (κ2) is 5.83. The number of ether oxygens (including phenoxy) is 1. The second-order valence-electron chi connectivity index (χ2n) is 5.74. The largest absolute Gasteiger partial charge is 0.493 e. The van der Waals surface area contributed by atoms with Crippen molar-refractivity contribution in [1.82, 2.24) is 4.90 Å². The van der Waals surface area contributed by atoms with Crippen molar-refractivity contribution in [3.8, 4) is 5.75 Å². The fraction of sp³-hybridized carbons (Fsp3) is 0.562. The van der Waals surface area contributed by atoms with Gasteiger partial charge in [0.1, 0.15) is 5.75 Å². The molecule has 0 radical (unpaired) electrons. The third-order valence-electron chi connectivity index (χ3n) is 4.41. The molecule has 2 aliphatic heterocycles. The molecule has 20 heavy (non-hydrogen) atoms. The summed E-state index contributed by atoms with van der Waals surface area (Å²) < 4.78 is 5.52. The molecular formula is C16H21NO3. The van der Waals surface area contributed by atoms with Crippen LogP contribution in [0.5, 0.6) is 5.75 Å². The molecule has 4 heteroatoms. The van der Waals surface area contributed by atoms with Crippen molar-refractivity contribution in [3.05, 3.63) is 29.3 Å². The highest BCUT2D eigenvalue weighted by atomic mass is 16.5. The molecule has 0 bridgehead atoms. The number of piperidine rings is 1. The van der Waals surface area contributed by atoms with E-state index in [1.165, 1.54) is 11.1 Å². The zero-order valence-corrected chi connectivity index (χ0v) is 11.7. The van der Waals surface area contributed by atoms with Gasteiger partial charge in [-0.05, 0) is 49.5 Å². The Bertz CT molecular complexity index is 492. The summed E-state index contributed by atoms with van der Waals surface area (Å²) in [5.74, 6) is 0.266. The molecule has 4 nitrogen and oxygen atoms in total. The van der Waals surface area contributed by atoms with Crippen molar-refractivity contribution in [3.63, 3.8) is 0 Å². The Morgan fingerprint density at radius 2 is 2.15 bits per heavy atom. The third-order valence-corrected chi connectivity index (χ3v) is 4.41. The predicted octanol–water partition coefficient (Wildman–Crippen LogP) is 1.96. The molecule has 2 aliphatic rings. The van der Waals surface area contributed by atoms with Crippen LogP contribution in [0.25, 0.3) is 0 Å². The normalized spacial score (nSPS) is 19.6. The average Bonchev–Trinajstić information content (AvgIpc) is 2.93. The van der Waals surface area contributed by atoms with Gasteiger partial charge in [0.15, 0.2) is 0 Å². The smallest absolute Gasteiger partial charge is 0.306 e. The molecule has 0 spiro atoms. The van der Waals surface area contributed by atoms with E-state index in [1.54, 1.807) is 0 Å². The maximum absolute atomic E-state index is 10.9. The van der Waals surface area contributed by atoms with E-state index in [-0.39, 0.29) is 5.92 Å². The summed E-state index contributed by atoms with van der Waals surface area (Å²) in [6, 6.07) is 6.48. The Kier molecular flexibility index (Phi) is 3.92. The summed E-state index contributed by atoms with van der Waals surface area (Å²) in [4.78, 5) is 13.3. The van der Waals surface area contributed by atoms with E-state index in [4.69, 9.17) is 9.84 Å². The number of carboxylic acids is 1. The Hall–Kier alpha value is -1.55. The van der Waals surface area contributed by atoms with Crippen LogP contribution in [0.2, 0.25) is 0 Å². The molecular weight excluding hydrogens is 254 g/mol. The number of fused-ring (bicyclic) bond motifs is 1.